The van der Waals surface area contributed by atoms with Gasteiger partial charge in [0.2, 0.25) is 0 Å². The molecule has 0 unspecified atom stereocenters. The van der Waals surface area contributed by atoms with Gasteiger partial charge in [-0.3, -0.25) is 0 Å². The van der Waals surface area contributed by atoms with E-state index in [1.54, 1.807) is 6.07 Å². The molecule has 68 valence electrons. The van der Waals surface area contributed by atoms with Crippen molar-refractivity contribution in [3.8, 4) is 6.07 Å². The lowest BCUT2D eigenvalue weighted by Crippen LogP contribution is -2.10. The SMILES string of the molecule is N#CCc1nccc(C(F)(F)F)n1. The van der Waals surface area contributed by atoms with Gasteiger partial charge in [-0.05, 0) is 6.07 Å². The zero-order valence-corrected chi connectivity index (χ0v) is 6.34. The molecule has 1 aromatic heterocycles. The molecule has 0 spiro atoms. The molecule has 1 aromatic rings. The van der Waals surface area contributed by atoms with Gasteiger partial charge in [-0.1, -0.05) is 0 Å². The van der Waals surface area contributed by atoms with Crippen molar-refractivity contribution in [3.05, 3.63) is 23.8 Å². The molecule has 0 bridgehead atoms. The maximum absolute atomic E-state index is 12.0. The third-order valence-electron chi connectivity index (χ3n) is 1.23. The molecule has 0 saturated heterocycles. The summed E-state index contributed by atoms with van der Waals surface area (Å²) in [6.45, 7) is 0. The fraction of sp³-hybridized carbons (Fsp3) is 0.286. The summed E-state index contributed by atoms with van der Waals surface area (Å²) >= 11 is 0. The van der Waals surface area contributed by atoms with E-state index in [9.17, 15) is 13.2 Å². The lowest BCUT2D eigenvalue weighted by atomic mass is 10.3. The van der Waals surface area contributed by atoms with E-state index < -0.39 is 11.9 Å². The maximum Gasteiger partial charge on any atom is 0.433 e. The molecule has 0 saturated carbocycles. The van der Waals surface area contributed by atoms with Crippen LogP contribution in [0.4, 0.5) is 13.2 Å². The molecule has 1 rings (SSSR count). The Morgan fingerprint density at radius 3 is 2.69 bits per heavy atom. The Morgan fingerprint density at radius 2 is 2.15 bits per heavy atom. The topological polar surface area (TPSA) is 49.6 Å². The van der Waals surface area contributed by atoms with Gasteiger partial charge < -0.3 is 0 Å². The van der Waals surface area contributed by atoms with Crippen molar-refractivity contribution in [3.63, 3.8) is 0 Å². The van der Waals surface area contributed by atoms with E-state index in [1.807, 2.05) is 0 Å². The van der Waals surface area contributed by atoms with Gasteiger partial charge in [0.05, 0.1) is 12.5 Å². The van der Waals surface area contributed by atoms with Gasteiger partial charge in [-0.25, -0.2) is 9.97 Å². The maximum atomic E-state index is 12.0. The average Bonchev–Trinajstić information content (AvgIpc) is 2.04. The molecule has 6 heteroatoms. The van der Waals surface area contributed by atoms with Crippen LogP contribution < -0.4 is 0 Å². The van der Waals surface area contributed by atoms with Crippen molar-refractivity contribution in [2.24, 2.45) is 0 Å². The van der Waals surface area contributed by atoms with Crippen LogP contribution >= 0.6 is 0 Å². The van der Waals surface area contributed by atoms with Crippen LogP contribution in [-0.2, 0) is 12.6 Å². The average molecular weight is 187 g/mol. The largest absolute Gasteiger partial charge is 0.433 e. The first-order valence-electron chi connectivity index (χ1n) is 3.30. The van der Waals surface area contributed by atoms with E-state index in [2.05, 4.69) is 9.97 Å². The van der Waals surface area contributed by atoms with E-state index in [0.717, 1.165) is 12.3 Å². The van der Waals surface area contributed by atoms with Crippen LogP contribution in [-0.4, -0.2) is 9.97 Å². The highest BCUT2D eigenvalue weighted by Gasteiger charge is 2.32. The number of halogens is 3. The van der Waals surface area contributed by atoms with E-state index >= 15 is 0 Å². The molecule has 0 fully saturated rings. The highest BCUT2D eigenvalue weighted by molar-refractivity contribution is 5.07. The number of rotatable bonds is 1. The Labute approximate surface area is 71.9 Å². The lowest BCUT2D eigenvalue weighted by molar-refractivity contribution is -0.141. The highest BCUT2D eigenvalue weighted by atomic mass is 19.4. The van der Waals surface area contributed by atoms with Crippen molar-refractivity contribution in [2.75, 3.05) is 0 Å². The normalized spacial score (nSPS) is 10.9. The van der Waals surface area contributed by atoms with E-state index in [0.29, 0.717) is 0 Å². The van der Waals surface area contributed by atoms with Crippen molar-refractivity contribution in [2.45, 2.75) is 12.6 Å². The third-order valence-corrected chi connectivity index (χ3v) is 1.23. The second kappa shape index (κ2) is 3.39. The molecule has 0 aliphatic rings. The summed E-state index contributed by atoms with van der Waals surface area (Å²) in [5.74, 6) is -0.114. The molecule has 13 heavy (non-hydrogen) atoms. The van der Waals surface area contributed by atoms with Crippen LogP contribution in [0.1, 0.15) is 11.5 Å². The van der Waals surface area contributed by atoms with Crippen molar-refractivity contribution >= 4 is 0 Å². The predicted molar refractivity (Wildman–Crippen MR) is 36.4 cm³/mol. The fourth-order valence-corrected chi connectivity index (χ4v) is 0.713. The summed E-state index contributed by atoms with van der Waals surface area (Å²) in [6.07, 6.45) is -3.71. The Kier molecular flexibility index (Phi) is 2.46. The van der Waals surface area contributed by atoms with Crippen LogP contribution in [0.15, 0.2) is 12.3 Å². The molecule has 0 aromatic carbocycles. The summed E-state index contributed by atoms with van der Waals surface area (Å²) in [6, 6.07) is 2.44. The monoisotopic (exact) mass is 187 g/mol. The van der Waals surface area contributed by atoms with E-state index in [1.165, 1.54) is 0 Å². The van der Waals surface area contributed by atoms with Crippen LogP contribution in [0.2, 0.25) is 0 Å². The first kappa shape index (κ1) is 9.45. The Morgan fingerprint density at radius 1 is 1.46 bits per heavy atom. The first-order valence-corrected chi connectivity index (χ1v) is 3.30. The number of nitrogens with zero attached hydrogens (tertiary/aromatic N) is 3. The molecular formula is C7H4F3N3. The number of nitriles is 1. The lowest BCUT2D eigenvalue weighted by Gasteiger charge is -2.04. The van der Waals surface area contributed by atoms with Gasteiger partial charge in [0.25, 0.3) is 0 Å². The van der Waals surface area contributed by atoms with E-state index in [4.69, 9.17) is 5.26 Å². The van der Waals surface area contributed by atoms with Crippen molar-refractivity contribution in [1.82, 2.24) is 9.97 Å². The second-order valence-corrected chi connectivity index (χ2v) is 2.19. The molecule has 0 radical (unpaired) electrons. The number of hydrogen-bond acceptors (Lipinski definition) is 3. The first-order chi connectivity index (χ1) is 6.04. The molecule has 0 aliphatic heterocycles. The van der Waals surface area contributed by atoms with Crippen LogP contribution in [0.25, 0.3) is 0 Å². The fourth-order valence-electron chi connectivity index (χ4n) is 0.713. The van der Waals surface area contributed by atoms with Gasteiger partial charge in [0.15, 0.2) is 0 Å². The summed E-state index contributed by atoms with van der Waals surface area (Å²) in [5.41, 5.74) is -1.02. The standard InChI is InChI=1S/C7H4F3N3/c8-7(9,10)5-2-4-12-6(13-5)1-3-11/h2,4H,1H2. The number of aromatic nitrogens is 2. The number of alkyl halides is 3. The summed E-state index contributed by atoms with van der Waals surface area (Å²) in [4.78, 5) is 6.68. The van der Waals surface area contributed by atoms with Crippen molar-refractivity contribution < 1.29 is 13.2 Å². The van der Waals surface area contributed by atoms with Crippen LogP contribution in [0.3, 0.4) is 0 Å². The van der Waals surface area contributed by atoms with Gasteiger partial charge in [-0.2, -0.15) is 18.4 Å². The summed E-state index contributed by atoms with van der Waals surface area (Å²) < 4.78 is 36.1. The number of hydrogen-bond donors (Lipinski definition) is 0. The smallest absolute Gasteiger partial charge is 0.240 e. The van der Waals surface area contributed by atoms with Gasteiger partial charge in [-0.15, -0.1) is 0 Å². The Bertz CT molecular complexity index is 340. The Balaban J connectivity index is 3.00. The molecule has 0 N–H and O–H groups in total. The second-order valence-electron chi connectivity index (χ2n) is 2.19. The van der Waals surface area contributed by atoms with Gasteiger partial charge in [0.1, 0.15) is 11.5 Å². The molecule has 0 amide bonds. The highest BCUT2D eigenvalue weighted by Crippen LogP contribution is 2.26. The van der Waals surface area contributed by atoms with Crippen molar-refractivity contribution in [1.29, 1.82) is 5.26 Å². The Hall–Kier alpha value is -1.64. The zero-order chi connectivity index (χ0) is 9.90. The van der Waals surface area contributed by atoms with Gasteiger partial charge in [0, 0.05) is 6.20 Å². The van der Waals surface area contributed by atoms with E-state index in [-0.39, 0.29) is 12.2 Å². The third kappa shape index (κ3) is 2.40. The summed E-state index contributed by atoms with van der Waals surface area (Å²) in [5, 5.41) is 8.20. The molecule has 3 nitrogen and oxygen atoms in total. The quantitative estimate of drug-likeness (QED) is 0.670. The molecule has 1 heterocycles. The summed E-state index contributed by atoms with van der Waals surface area (Å²) in [7, 11) is 0. The van der Waals surface area contributed by atoms with Crippen LogP contribution in [0, 0.1) is 11.3 Å². The molecule has 0 atom stereocenters. The van der Waals surface area contributed by atoms with Gasteiger partial charge >= 0.3 is 6.18 Å². The minimum absolute atomic E-state index is 0.114. The molecule has 0 aliphatic carbocycles. The van der Waals surface area contributed by atoms with Crippen LogP contribution in [0.5, 0.6) is 0 Å². The molecular weight excluding hydrogens is 183 g/mol. The minimum atomic E-state index is -4.48. The minimum Gasteiger partial charge on any atom is -0.240 e. The zero-order valence-electron chi connectivity index (χ0n) is 6.34. The predicted octanol–water partition coefficient (Wildman–Crippen LogP) is 1.56.